The number of hydrogen-bond donors (Lipinski definition) is 0. The van der Waals surface area contributed by atoms with Gasteiger partial charge in [-0.05, 0) is 45.8 Å². The van der Waals surface area contributed by atoms with E-state index in [2.05, 4.69) is 27.5 Å². The molecule has 5 nitrogen and oxygen atoms in total. The van der Waals surface area contributed by atoms with Crippen LogP contribution < -0.4 is 5.63 Å². The molecule has 0 aliphatic carbocycles. The maximum atomic E-state index is 12.6. The first kappa shape index (κ1) is 17.5. The topological polar surface area (TPSA) is 68.9 Å². The molecule has 146 valence electrons. The minimum atomic E-state index is -0.368. The molecule has 2 heterocycles. The number of rotatable bonds is 2. The smallest absolute Gasteiger partial charge is 0.344 e. The van der Waals surface area contributed by atoms with E-state index in [1.54, 1.807) is 0 Å². The Hall–Kier alpha value is -4.38. The molecule has 0 aliphatic rings. The molecular formula is C26H15N3O2. The number of hydrogen-bond acceptors (Lipinski definition) is 5. The lowest BCUT2D eigenvalue weighted by atomic mass is 10.0. The summed E-state index contributed by atoms with van der Waals surface area (Å²) >= 11 is 0. The van der Waals surface area contributed by atoms with Gasteiger partial charge in [-0.15, -0.1) is 10.2 Å². The maximum absolute atomic E-state index is 12.6. The van der Waals surface area contributed by atoms with Crippen LogP contribution in [-0.2, 0) is 0 Å². The Labute approximate surface area is 176 Å². The molecule has 0 saturated heterocycles. The second-order valence-corrected chi connectivity index (χ2v) is 7.42. The van der Waals surface area contributed by atoms with E-state index >= 15 is 0 Å². The Bertz CT molecular complexity index is 1660. The van der Waals surface area contributed by atoms with E-state index in [-0.39, 0.29) is 5.63 Å². The highest BCUT2D eigenvalue weighted by Gasteiger charge is 2.12. The van der Waals surface area contributed by atoms with Crippen molar-refractivity contribution in [1.29, 1.82) is 0 Å². The van der Waals surface area contributed by atoms with Crippen molar-refractivity contribution in [2.75, 3.05) is 0 Å². The third-order valence-electron chi connectivity index (χ3n) is 5.51. The van der Waals surface area contributed by atoms with Crippen LogP contribution in [0.5, 0.6) is 0 Å². The molecule has 0 aliphatic heterocycles. The molecule has 0 atom stereocenters. The third kappa shape index (κ3) is 2.95. The van der Waals surface area contributed by atoms with Crippen LogP contribution in [-0.4, -0.2) is 15.4 Å². The van der Waals surface area contributed by atoms with Crippen LogP contribution in [0.2, 0.25) is 0 Å². The first-order valence-electron chi connectivity index (χ1n) is 9.92. The van der Waals surface area contributed by atoms with Gasteiger partial charge in [0.1, 0.15) is 11.3 Å². The molecule has 0 spiro atoms. The number of aromatic nitrogens is 3. The molecule has 6 rings (SSSR count). The zero-order valence-corrected chi connectivity index (χ0v) is 16.3. The SMILES string of the molecule is O=c1oc2cc(-c3nnnc4cc5ccccc5cc34)ccc2cc1-c1ccccc1. The molecule has 6 aromatic rings. The monoisotopic (exact) mass is 401 g/mol. The first-order chi connectivity index (χ1) is 15.3. The molecule has 31 heavy (non-hydrogen) atoms. The van der Waals surface area contributed by atoms with Gasteiger partial charge in [0.15, 0.2) is 0 Å². The van der Waals surface area contributed by atoms with Gasteiger partial charge in [-0.3, -0.25) is 0 Å². The third-order valence-corrected chi connectivity index (χ3v) is 5.51. The number of fused-ring (bicyclic) bond motifs is 3. The summed E-state index contributed by atoms with van der Waals surface area (Å²) in [5, 5.41) is 16.4. The number of benzene rings is 4. The highest BCUT2D eigenvalue weighted by atomic mass is 16.4. The Morgan fingerprint density at radius 2 is 1.42 bits per heavy atom. The summed E-state index contributed by atoms with van der Waals surface area (Å²) in [6.07, 6.45) is 0. The first-order valence-corrected chi connectivity index (χ1v) is 9.92. The van der Waals surface area contributed by atoms with Crippen LogP contribution in [0.15, 0.2) is 100 Å². The molecule has 0 N–H and O–H groups in total. The molecule has 0 amide bonds. The lowest BCUT2D eigenvalue weighted by molar-refractivity contribution is 0.563. The van der Waals surface area contributed by atoms with E-state index in [0.29, 0.717) is 16.8 Å². The van der Waals surface area contributed by atoms with Gasteiger partial charge in [0, 0.05) is 16.3 Å². The minimum Gasteiger partial charge on any atom is -0.422 e. The fraction of sp³-hybridized carbons (Fsp3) is 0. The van der Waals surface area contributed by atoms with Crippen molar-refractivity contribution in [2.45, 2.75) is 0 Å². The zero-order valence-electron chi connectivity index (χ0n) is 16.3. The Kier molecular flexibility index (Phi) is 3.86. The summed E-state index contributed by atoms with van der Waals surface area (Å²) in [7, 11) is 0. The predicted octanol–water partition coefficient (Wildman–Crippen LogP) is 5.62. The van der Waals surface area contributed by atoms with Crippen LogP contribution in [0.3, 0.4) is 0 Å². The molecule has 0 unspecified atom stereocenters. The summed E-state index contributed by atoms with van der Waals surface area (Å²) < 4.78 is 5.67. The average molecular weight is 401 g/mol. The standard InChI is InChI=1S/C26H15N3O2/c30-26-21(16-6-2-1-3-7-16)13-19-10-11-20(15-24(19)31-26)25-22-12-17-8-4-5-9-18(17)14-23(22)27-29-28-25/h1-15H. The van der Waals surface area contributed by atoms with E-state index in [4.69, 9.17) is 4.42 Å². The van der Waals surface area contributed by atoms with E-state index in [0.717, 1.165) is 38.2 Å². The Morgan fingerprint density at radius 3 is 2.26 bits per heavy atom. The largest absolute Gasteiger partial charge is 0.422 e. The Balaban J connectivity index is 1.54. The zero-order chi connectivity index (χ0) is 20.8. The quantitative estimate of drug-likeness (QED) is 0.278. The molecule has 4 aromatic carbocycles. The van der Waals surface area contributed by atoms with Crippen molar-refractivity contribution in [3.8, 4) is 22.4 Å². The fourth-order valence-corrected chi connectivity index (χ4v) is 3.96. The molecule has 5 heteroatoms. The summed E-state index contributed by atoms with van der Waals surface area (Å²) in [5.74, 6) is 0. The van der Waals surface area contributed by atoms with Crippen LogP contribution in [0.4, 0.5) is 0 Å². The van der Waals surface area contributed by atoms with Gasteiger partial charge < -0.3 is 4.42 Å². The van der Waals surface area contributed by atoms with Crippen LogP contribution in [0, 0.1) is 0 Å². The van der Waals surface area contributed by atoms with Crippen molar-refractivity contribution in [3.05, 3.63) is 101 Å². The molecule has 0 bridgehead atoms. The van der Waals surface area contributed by atoms with E-state index in [1.165, 1.54) is 0 Å². The van der Waals surface area contributed by atoms with Crippen LogP contribution in [0.25, 0.3) is 55.0 Å². The van der Waals surface area contributed by atoms with Gasteiger partial charge in [0.05, 0.1) is 11.1 Å². The summed E-state index contributed by atoms with van der Waals surface area (Å²) in [6.45, 7) is 0. The normalized spacial score (nSPS) is 11.4. The van der Waals surface area contributed by atoms with Gasteiger partial charge in [-0.1, -0.05) is 66.7 Å². The van der Waals surface area contributed by atoms with Crippen LogP contribution >= 0.6 is 0 Å². The molecule has 2 aromatic heterocycles. The second kappa shape index (κ2) is 6.85. The van der Waals surface area contributed by atoms with Gasteiger partial charge in [-0.2, -0.15) is 0 Å². The Morgan fingerprint density at radius 1 is 0.645 bits per heavy atom. The van der Waals surface area contributed by atoms with Crippen LogP contribution in [0.1, 0.15) is 0 Å². The minimum absolute atomic E-state index is 0.368. The highest BCUT2D eigenvalue weighted by molar-refractivity contribution is 6.02. The van der Waals surface area contributed by atoms with Crippen molar-refractivity contribution < 1.29 is 4.42 Å². The van der Waals surface area contributed by atoms with Crippen molar-refractivity contribution in [1.82, 2.24) is 15.4 Å². The van der Waals surface area contributed by atoms with Crippen molar-refractivity contribution >= 4 is 32.6 Å². The molecule has 0 radical (unpaired) electrons. The maximum Gasteiger partial charge on any atom is 0.344 e. The van der Waals surface area contributed by atoms with E-state index in [9.17, 15) is 4.79 Å². The highest BCUT2D eigenvalue weighted by Crippen LogP contribution is 2.31. The summed E-state index contributed by atoms with van der Waals surface area (Å²) in [6, 6.07) is 29.3. The van der Waals surface area contributed by atoms with E-state index < -0.39 is 0 Å². The molecule has 0 fully saturated rings. The second-order valence-electron chi connectivity index (χ2n) is 7.42. The molecular weight excluding hydrogens is 386 g/mol. The van der Waals surface area contributed by atoms with Crippen molar-refractivity contribution in [2.24, 2.45) is 0 Å². The van der Waals surface area contributed by atoms with E-state index in [1.807, 2.05) is 78.9 Å². The summed E-state index contributed by atoms with van der Waals surface area (Å²) in [5.41, 5.74) is 3.80. The summed E-state index contributed by atoms with van der Waals surface area (Å²) in [4.78, 5) is 12.6. The lowest BCUT2D eigenvalue weighted by Gasteiger charge is -2.07. The van der Waals surface area contributed by atoms with Crippen molar-refractivity contribution in [3.63, 3.8) is 0 Å². The van der Waals surface area contributed by atoms with Gasteiger partial charge in [-0.25, -0.2) is 4.79 Å². The lowest BCUT2D eigenvalue weighted by Crippen LogP contribution is -2.02. The fourth-order valence-electron chi connectivity index (χ4n) is 3.96. The van der Waals surface area contributed by atoms with Gasteiger partial charge >= 0.3 is 5.63 Å². The van der Waals surface area contributed by atoms with Gasteiger partial charge in [0.2, 0.25) is 0 Å². The molecule has 0 saturated carbocycles. The number of nitrogens with zero attached hydrogens (tertiary/aromatic N) is 3. The average Bonchev–Trinajstić information content (AvgIpc) is 2.82. The van der Waals surface area contributed by atoms with Gasteiger partial charge in [0.25, 0.3) is 0 Å². The predicted molar refractivity (Wildman–Crippen MR) is 122 cm³/mol.